The molecule has 0 amide bonds. The van der Waals surface area contributed by atoms with E-state index in [2.05, 4.69) is 0 Å². The van der Waals surface area contributed by atoms with Crippen molar-refractivity contribution in [1.29, 1.82) is 0 Å². The van der Waals surface area contributed by atoms with Crippen molar-refractivity contribution in [2.24, 2.45) is 0 Å². The molecular formula is C27H26O5. The molecular weight excluding hydrogens is 404 g/mol. The number of ether oxygens (including phenoxy) is 3. The third-order valence-electron chi connectivity index (χ3n) is 5.43. The van der Waals surface area contributed by atoms with Crippen molar-refractivity contribution in [3.63, 3.8) is 0 Å². The van der Waals surface area contributed by atoms with Crippen molar-refractivity contribution in [3.8, 4) is 28.6 Å². The van der Waals surface area contributed by atoms with Crippen molar-refractivity contribution < 1.29 is 18.6 Å². The largest absolute Gasteiger partial charge is 0.493 e. The molecule has 0 N–H and O–H groups in total. The Hall–Kier alpha value is -3.73. The minimum Gasteiger partial charge on any atom is -0.493 e. The topological polar surface area (TPSA) is 57.9 Å². The maximum atomic E-state index is 13.5. The summed E-state index contributed by atoms with van der Waals surface area (Å²) < 4.78 is 23.2. The van der Waals surface area contributed by atoms with Gasteiger partial charge in [0.25, 0.3) is 0 Å². The molecule has 4 aromatic rings. The van der Waals surface area contributed by atoms with Gasteiger partial charge in [-0.3, -0.25) is 4.79 Å². The van der Waals surface area contributed by atoms with Crippen molar-refractivity contribution >= 4 is 11.0 Å². The lowest BCUT2D eigenvalue weighted by atomic mass is 10.0. The van der Waals surface area contributed by atoms with Crippen LogP contribution in [-0.2, 0) is 6.61 Å². The average molecular weight is 431 g/mol. The second-order valence-corrected chi connectivity index (χ2v) is 7.89. The summed E-state index contributed by atoms with van der Waals surface area (Å²) in [6.45, 7) is 6.18. The molecule has 32 heavy (non-hydrogen) atoms. The number of rotatable bonds is 6. The number of aryl methyl sites for hydroxylation is 3. The Morgan fingerprint density at radius 1 is 0.812 bits per heavy atom. The van der Waals surface area contributed by atoms with E-state index >= 15 is 0 Å². The van der Waals surface area contributed by atoms with Crippen LogP contribution >= 0.6 is 0 Å². The fourth-order valence-corrected chi connectivity index (χ4v) is 3.77. The first-order valence-electron chi connectivity index (χ1n) is 10.4. The van der Waals surface area contributed by atoms with Crippen LogP contribution in [0.25, 0.3) is 22.3 Å². The van der Waals surface area contributed by atoms with E-state index in [4.69, 9.17) is 18.6 Å². The van der Waals surface area contributed by atoms with E-state index in [1.54, 1.807) is 26.4 Å². The molecule has 164 valence electrons. The van der Waals surface area contributed by atoms with Gasteiger partial charge in [0.1, 0.15) is 12.2 Å². The van der Waals surface area contributed by atoms with Crippen LogP contribution in [0.15, 0.2) is 63.8 Å². The molecule has 4 rings (SSSR count). The van der Waals surface area contributed by atoms with Crippen LogP contribution in [0.3, 0.4) is 0 Å². The van der Waals surface area contributed by atoms with Gasteiger partial charge in [0.15, 0.2) is 17.3 Å². The zero-order valence-electron chi connectivity index (χ0n) is 18.9. The maximum Gasteiger partial charge on any atom is 0.235 e. The highest BCUT2D eigenvalue weighted by Crippen LogP contribution is 2.37. The molecule has 0 aliphatic heterocycles. The first-order valence-corrected chi connectivity index (χ1v) is 10.4. The molecule has 0 bridgehead atoms. The lowest BCUT2D eigenvalue weighted by Gasteiger charge is -2.15. The fraction of sp³-hybridized carbons (Fsp3) is 0.222. The monoisotopic (exact) mass is 430 g/mol. The summed E-state index contributed by atoms with van der Waals surface area (Å²) in [6, 6.07) is 17.2. The SMILES string of the molecule is COc1ccc(-c2oc3c(C)cc(C)cc3c(=O)c2OCc2ccc(C)cc2)cc1OC. The van der Waals surface area contributed by atoms with Gasteiger partial charge in [-0.05, 0) is 61.7 Å². The van der Waals surface area contributed by atoms with E-state index in [1.807, 2.05) is 63.2 Å². The molecule has 5 heteroatoms. The van der Waals surface area contributed by atoms with E-state index in [-0.39, 0.29) is 17.8 Å². The Bertz CT molecular complexity index is 1330. The summed E-state index contributed by atoms with van der Waals surface area (Å²) in [4.78, 5) is 13.5. The van der Waals surface area contributed by atoms with E-state index in [0.29, 0.717) is 33.8 Å². The van der Waals surface area contributed by atoms with E-state index in [0.717, 1.165) is 22.3 Å². The maximum absolute atomic E-state index is 13.5. The molecule has 3 aromatic carbocycles. The number of methoxy groups -OCH3 is 2. The van der Waals surface area contributed by atoms with Crippen LogP contribution in [0.5, 0.6) is 17.2 Å². The minimum absolute atomic E-state index is 0.176. The normalized spacial score (nSPS) is 10.9. The molecule has 1 aromatic heterocycles. The van der Waals surface area contributed by atoms with Gasteiger partial charge in [-0.1, -0.05) is 35.9 Å². The second kappa shape index (κ2) is 8.79. The molecule has 1 heterocycles. The van der Waals surface area contributed by atoms with Gasteiger partial charge in [-0.25, -0.2) is 0 Å². The quantitative estimate of drug-likeness (QED) is 0.377. The summed E-state index contributed by atoms with van der Waals surface area (Å²) in [5.74, 6) is 1.67. The summed E-state index contributed by atoms with van der Waals surface area (Å²) >= 11 is 0. The lowest BCUT2D eigenvalue weighted by molar-refractivity contribution is 0.297. The molecule has 5 nitrogen and oxygen atoms in total. The van der Waals surface area contributed by atoms with Gasteiger partial charge >= 0.3 is 0 Å². The van der Waals surface area contributed by atoms with Gasteiger partial charge in [-0.15, -0.1) is 0 Å². The van der Waals surface area contributed by atoms with Crippen LogP contribution in [0.1, 0.15) is 22.3 Å². The van der Waals surface area contributed by atoms with Crippen LogP contribution in [0.2, 0.25) is 0 Å². The number of benzene rings is 3. The van der Waals surface area contributed by atoms with Crippen molar-refractivity contribution in [2.45, 2.75) is 27.4 Å². The Kier molecular flexibility index (Phi) is 5.91. The summed E-state index contributed by atoms with van der Waals surface area (Å²) in [5, 5.41) is 0.505. The van der Waals surface area contributed by atoms with Gasteiger partial charge in [0.2, 0.25) is 11.2 Å². The van der Waals surface area contributed by atoms with Gasteiger partial charge < -0.3 is 18.6 Å². The van der Waals surface area contributed by atoms with Crippen LogP contribution in [0, 0.1) is 20.8 Å². The molecule has 0 saturated heterocycles. The predicted molar refractivity (Wildman–Crippen MR) is 126 cm³/mol. The Morgan fingerprint density at radius 3 is 2.22 bits per heavy atom. The smallest absolute Gasteiger partial charge is 0.235 e. The average Bonchev–Trinajstić information content (AvgIpc) is 2.79. The highest BCUT2D eigenvalue weighted by molar-refractivity contribution is 5.85. The van der Waals surface area contributed by atoms with Gasteiger partial charge in [0.05, 0.1) is 19.6 Å². The molecule has 0 fully saturated rings. The van der Waals surface area contributed by atoms with Crippen LogP contribution in [0.4, 0.5) is 0 Å². The first-order chi connectivity index (χ1) is 15.4. The van der Waals surface area contributed by atoms with E-state index < -0.39 is 0 Å². The molecule has 0 unspecified atom stereocenters. The third-order valence-corrected chi connectivity index (χ3v) is 5.43. The molecule has 0 radical (unpaired) electrons. The lowest BCUT2D eigenvalue weighted by Crippen LogP contribution is -2.11. The molecule has 0 aliphatic rings. The first kappa shape index (κ1) is 21.5. The molecule has 0 spiro atoms. The highest BCUT2D eigenvalue weighted by Gasteiger charge is 2.20. The zero-order valence-corrected chi connectivity index (χ0v) is 18.9. The summed E-state index contributed by atoms with van der Waals surface area (Å²) in [5.41, 5.74) is 5.03. The fourth-order valence-electron chi connectivity index (χ4n) is 3.77. The highest BCUT2D eigenvalue weighted by atomic mass is 16.5. The van der Waals surface area contributed by atoms with E-state index in [9.17, 15) is 4.79 Å². The van der Waals surface area contributed by atoms with E-state index in [1.165, 1.54) is 0 Å². The number of hydrogen-bond acceptors (Lipinski definition) is 5. The molecule has 0 aliphatic carbocycles. The Morgan fingerprint density at radius 2 is 1.53 bits per heavy atom. The molecule has 0 saturated carbocycles. The zero-order chi connectivity index (χ0) is 22.8. The van der Waals surface area contributed by atoms with Crippen LogP contribution < -0.4 is 19.6 Å². The molecule has 0 atom stereocenters. The standard InChI is InChI=1S/C27H26O5/c1-16-6-8-19(9-7-16)15-31-27-24(28)21-13-17(2)12-18(3)25(21)32-26(27)20-10-11-22(29-4)23(14-20)30-5/h6-14H,15H2,1-5H3. The Labute approximate surface area is 187 Å². The predicted octanol–water partition coefficient (Wildman–Crippen LogP) is 5.98. The minimum atomic E-state index is -0.199. The van der Waals surface area contributed by atoms with Crippen molar-refractivity contribution in [1.82, 2.24) is 0 Å². The number of hydrogen-bond donors (Lipinski definition) is 0. The Balaban J connectivity index is 1.90. The third kappa shape index (κ3) is 4.06. The summed E-state index contributed by atoms with van der Waals surface area (Å²) in [7, 11) is 3.15. The summed E-state index contributed by atoms with van der Waals surface area (Å²) in [6.07, 6.45) is 0. The van der Waals surface area contributed by atoms with Crippen LogP contribution in [-0.4, -0.2) is 14.2 Å². The number of fused-ring (bicyclic) bond motifs is 1. The van der Waals surface area contributed by atoms with Crippen molar-refractivity contribution in [3.05, 3.63) is 87.1 Å². The van der Waals surface area contributed by atoms with Gasteiger partial charge in [0, 0.05) is 5.56 Å². The second-order valence-electron chi connectivity index (χ2n) is 7.89. The van der Waals surface area contributed by atoms with Crippen molar-refractivity contribution in [2.75, 3.05) is 14.2 Å². The van der Waals surface area contributed by atoms with Gasteiger partial charge in [-0.2, -0.15) is 0 Å².